The molecule has 1 rings (SSSR count). The number of nitrogens with one attached hydrogen (secondary N) is 2. The van der Waals surface area contributed by atoms with Gasteiger partial charge in [-0.1, -0.05) is 6.07 Å². The molecule has 108 valence electrons. The Kier molecular flexibility index (Phi) is 5.08. The van der Waals surface area contributed by atoms with E-state index < -0.39 is 12.0 Å². The Hall–Kier alpha value is -2.57. The molecule has 3 amide bonds. The van der Waals surface area contributed by atoms with Crippen LogP contribution in [0.3, 0.4) is 0 Å². The molecule has 0 atom stereocenters. The van der Waals surface area contributed by atoms with E-state index in [9.17, 15) is 14.4 Å². The molecule has 0 aliphatic carbocycles. The quantitative estimate of drug-likeness (QED) is 0.762. The molecule has 7 nitrogen and oxygen atoms in total. The molecule has 0 fully saturated rings. The number of carbonyl (C=O) groups is 3. The highest BCUT2D eigenvalue weighted by molar-refractivity contribution is 5.95. The lowest BCUT2D eigenvalue weighted by Gasteiger charge is -2.12. The summed E-state index contributed by atoms with van der Waals surface area (Å²) in [5, 5.41) is 13.8. The van der Waals surface area contributed by atoms with Gasteiger partial charge in [0.05, 0.1) is 12.1 Å². The van der Waals surface area contributed by atoms with Crippen molar-refractivity contribution in [3.05, 3.63) is 29.3 Å². The summed E-state index contributed by atoms with van der Waals surface area (Å²) in [5.41, 5.74) is 1.07. The molecular weight excluding hydrogens is 262 g/mol. The van der Waals surface area contributed by atoms with Gasteiger partial charge in [0.25, 0.3) is 0 Å². The zero-order valence-electron chi connectivity index (χ0n) is 11.6. The largest absolute Gasteiger partial charge is 0.478 e. The zero-order chi connectivity index (χ0) is 15.3. The van der Waals surface area contributed by atoms with Crippen LogP contribution in [0.2, 0.25) is 0 Å². The fourth-order valence-corrected chi connectivity index (χ4v) is 1.42. The maximum atomic E-state index is 11.6. The second-order valence-electron chi connectivity index (χ2n) is 4.43. The Morgan fingerprint density at radius 3 is 2.45 bits per heavy atom. The van der Waals surface area contributed by atoms with E-state index in [4.69, 9.17) is 5.11 Å². The van der Waals surface area contributed by atoms with Gasteiger partial charge >= 0.3 is 12.0 Å². The normalized spacial score (nSPS) is 9.75. The number of hydrogen-bond donors (Lipinski definition) is 3. The molecule has 0 saturated carbocycles. The van der Waals surface area contributed by atoms with Crippen LogP contribution in [0.4, 0.5) is 10.5 Å². The van der Waals surface area contributed by atoms with Gasteiger partial charge in [-0.2, -0.15) is 0 Å². The average Bonchev–Trinajstić information content (AvgIpc) is 2.37. The number of anilines is 1. The Morgan fingerprint density at radius 1 is 1.25 bits per heavy atom. The molecule has 0 aliphatic heterocycles. The minimum absolute atomic E-state index is 0.118. The number of hydrogen-bond acceptors (Lipinski definition) is 3. The first-order valence-electron chi connectivity index (χ1n) is 5.90. The van der Waals surface area contributed by atoms with Crippen LogP contribution in [-0.2, 0) is 4.79 Å². The first-order valence-corrected chi connectivity index (χ1v) is 5.90. The van der Waals surface area contributed by atoms with E-state index >= 15 is 0 Å². The molecule has 0 spiro atoms. The molecule has 0 aromatic heterocycles. The predicted molar refractivity (Wildman–Crippen MR) is 73.9 cm³/mol. The van der Waals surface area contributed by atoms with Gasteiger partial charge in [-0.15, -0.1) is 0 Å². The number of carboxylic acid groups (broad SMARTS) is 1. The van der Waals surface area contributed by atoms with Crippen molar-refractivity contribution in [1.29, 1.82) is 0 Å². The fourth-order valence-electron chi connectivity index (χ4n) is 1.42. The van der Waals surface area contributed by atoms with Crippen molar-refractivity contribution in [3.63, 3.8) is 0 Å². The monoisotopic (exact) mass is 279 g/mol. The van der Waals surface area contributed by atoms with E-state index in [1.165, 1.54) is 11.0 Å². The summed E-state index contributed by atoms with van der Waals surface area (Å²) >= 11 is 0. The van der Waals surface area contributed by atoms with Gasteiger partial charge < -0.3 is 20.6 Å². The number of amides is 3. The Morgan fingerprint density at radius 2 is 1.90 bits per heavy atom. The second kappa shape index (κ2) is 6.55. The molecule has 1 aromatic carbocycles. The highest BCUT2D eigenvalue weighted by atomic mass is 16.4. The van der Waals surface area contributed by atoms with Crippen LogP contribution < -0.4 is 10.6 Å². The minimum atomic E-state index is -1.06. The minimum Gasteiger partial charge on any atom is -0.478 e. The van der Waals surface area contributed by atoms with Gasteiger partial charge in [0.2, 0.25) is 5.91 Å². The van der Waals surface area contributed by atoms with Gasteiger partial charge in [-0.05, 0) is 24.6 Å². The molecule has 0 aliphatic rings. The molecule has 20 heavy (non-hydrogen) atoms. The van der Waals surface area contributed by atoms with Crippen molar-refractivity contribution in [1.82, 2.24) is 10.2 Å². The zero-order valence-corrected chi connectivity index (χ0v) is 11.6. The molecule has 0 bridgehead atoms. The van der Waals surface area contributed by atoms with Crippen LogP contribution in [0.1, 0.15) is 15.9 Å². The predicted octanol–water partition coefficient (Wildman–Crippen LogP) is 0.903. The van der Waals surface area contributed by atoms with E-state index in [1.54, 1.807) is 33.2 Å². The van der Waals surface area contributed by atoms with Gasteiger partial charge in [0.15, 0.2) is 0 Å². The lowest BCUT2D eigenvalue weighted by Crippen LogP contribution is -2.38. The van der Waals surface area contributed by atoms with E-state index in [2.05, 4.69) is 10.6 Å². The summed E-state index contributed by atoms with van der Waals surface area (Å²) in [6.07, 6.45) is 0. The summed E-state index contributed by atoms with van der Waals surface area (Å²) in [7, 11) is 3.17. The van der Waals surface area contributed by atoms with Crippen LogP contribution in [0, 0.1) is 6.92 Å². The van der Waals surface area contributed by atoms with Crippen molar-refractivity contribution in [2.24, 2.45) is 0 Å². The summed E-state index contributed by atoms with van der Waals surface area (Å²) in [5.74, 6) is -1.30. The third-order valence-corrected chi connectivity index (χ3v) is 2.62. The van der Waals surface area contributed by atoms with Crippen LogP contribution in [0.15, 0.2) is 18.2 Å². The molecule has 1 aromatic rings. The van der Waals surface area contributed by atoms with E-state index in [0.717, 1.165) is 0 Å². The van der Waals surface area contributed by atoms with E-state index in [-0.39, 0.29) is 18.0 Å². The number of carboxylic acids is 1. The van der Waals surface area contributed by atoms with Gasteiger partial charge in [-0.25, -0.2) is 9.59 Å². The Labute approximate surface area is 116 Å². The SMILES string of the molecule is Cc1ccc(NC(=O)NCC(=O)N(C)C)cc1C(=O)O. The molecule has 0 heterocycles. The maximum Gasteiger partial charge on any atom is 0.336 e. The smallest absolute Gasteiger partial charge is 0.336 e. The number of urea groups is 1. The highest BCUT2D eigenvalue weighted by Crippen LogP contribution is 2.15. The van der Waals surface area contributed by atoms with E-state index in [1.807, 2.05) is 0 Å². The van der Waals surface area contributed by atoms with Crippen LogP contribution >= 0.6 is 0 Å². The van der Waals surface area contributed by atoms with Crippen molar-refractivity contribution in [3.8, 4) is 0 Å². The summed E-state index contributed by atoms with van der Waals surface area (Å²) in [4.78, 5) is 35.2. The van der Waals surface area contributed by atoms with Crippen LogP contribution in [0.25, 0.3) is 0 Å². The number of aromatic carboxylic acids is 1. The van der Waals surface area contributed by atoms with Gasteiger partial charge in [-0.3, -0.25) is 4.79 Å². The third kappa shape index (κ3) is 4.27. The average molecular weight is 279 g/mol. The number of nitrogens with zero attached hydrogens (tertiary/aromatic N) is 1. The Balaban J connectivity index is 2.65. The first kappa shape index (κ1) is 15.5. The fraction of sp³-hybridized carbons (Fsp3) is 0.308. The molecule has 0 radical (unpaired) electrons. The second-order valence-corrected chi connectivity index (χ2v) is 4.43. The number of aryl methyl sites for hydroxylation is 1. The van der Waals surface area contributed by atoms with Gasteiger partial charge in [0.1, 0.15) is 0 Å². The van der Waals surface area contributed by atoms with E-state index in [0.29, 0.717) is 11.3 Å². The van der Waals surface area contributed by atoms with Crippen LogP contribution in [-0.4, -0.2) is 48.6 Å². The molecule has 7 heteroatoms. The molecule has 3 N–H and O–H groups in total. The standard InChI is InChI=1S/C13H17N3O4/c1-8-4-5-9(6-10(8)12(18)19)15-13(20)14-7-11(17)16(2)3/h4-6H,7H2,1-3H3,(H,18,19)(H2,14,15,20). The lowest BCUT2D eigenvalue weighted by molar-refractivity contribution is -0.127. The topological polar surface area (TPSA) is 98.7 Å². The summed E-state index contributed by atoms with van der Waals surface area (Å²) in [6.45, 7) is 1.54. The maximum absolute atomic E-state index is 11.6. The van der Waals surface area contributed by atoms with Crippen molar-refractivity contribution in [2.75, 3.05) is 26.0 Å². The van der Waals surface area contributed by atoms with Crippen molar-refractivity contribution in [2.45, 2.75) is 6.92 Å². The molecular formula is C13H17N3O4. The van der Waals surface area contributed by atoms with Crippen molar-refractivity contribution < 1.29 is 19.5 Å². The number of likely N-dealkylation sites (N-methyl/N-ethyl adjacent to an activating group) is 1. The first-order chi connectivity index (χ1) is 9.31. The summed E-state index contributed by atoms with van der Waals surface area (Å²) < 4.78 is 0. The third-order valence-electron chi connectivity index (χ3n) is 2.62. The molecule has 0 saturated heterocycles. The number of benzene rings is 1. The number of carbonyl (C=O) groups excluding carboxylic acids is 2. The number of rotatable bonds is 4. The van der Waals surface area contributed by atoms with Gasteiger partial charge in [0, 0.05) is 19.8 Å². The summed E-state index contributed by atoms with van der Waals surface area (Å²) in [6, 6.07) is 3.99. The van der Waals surface area contributed by atoms with Crippen molar-refractivity contribution >= 4 is 23.6 Å². The molecule has 0 unspecified atom stereocenters. The lowest BCUT2D eigenvalue weighted by atomic mass is 10.1. The highest BCUT2D eigenvalue weighted by Gasteiger charge is 2.10. The van der Waals surface area contributed by atoms with Crippen LogP contribution in [0.5, 0.6) is 0 Å². The Bertz CT molecular complexity index is 540.